The summed E-state index contributed by atoms with van der Waals surface area (Å²) in [6.07, 6.45) is 1.08. The van der Waals surface area contributed by atoms with Gasteiger partial charge in [0, 0.05) is 30.5 Å². The zero-order valence-corrected chi connectivity index (χ0v) is 13.5. The third kappa shape index (κ3) is 6.97. The number of benzene rings is 2. The zero-order valence-electron chi connectivity index (χ0n) is 13.5. The highest BCUT2D eigenvalue weighted by Gasteiger charge is 1.91. The highest BCUT2D eigenvalue weighted by Crippen LogP contribution is 2.15. The lowest BCUT2D eigenvalue weighted by molar-refractivity contribution is 0.415. The van der Waals surface area contributed by atoms with Crippen LogP contribution in [-0.2, 0) is 0 Å². The van der Waals surface area contributed by atoms with Crippen LogP contribution in [0.25, 0.3) is 0 Å². The predicted molar refractivity (Wildman–Crippen MR) is 92.3 cm³/mol. The molecule has 0 spiro atoms. The van der Waals surface area contributed by atoms with Gasteiger partial charge >= 0.3 is 0 Å². The van der Waals surface area contributed by atoms with Crippen LogP contribution in [0.4, 0.5) is 15.8 Å². The van der Waals surface area contributed by atoms with Crippen LogP contribution in [0.5, 0.6) is 5.75 Å². The number of hydrogen-bond donors (Lipinski definition) is 2. The summed E-state index contributed by atoms with van der Waals surface area (Å²) in [5, 5.41) is 6.36. The molecule has 2 rings (SSSR count). The van der Waals surface area contributed by atoms with E-state index in [9.17, 15) is 4.39 Å². The summed E-state index contributed by atoms with van der Waals surface area (Å²) >= 11 is 0. The Morgan fingerprint density at radius 3 is 2.27 bits per heavy atom. The molecule has 0 unspecified atom stereocenters. The van der Waals surface area contributed by atoms with E-state index in [1.807, 2.05) is 24.3 Å². The zero-order chi connectivity index (χ0) is 16.2. The SMILES string of the molecule is CCCNc1ccc(F)cc1.CCNc1cccc(OC)c1. The Morgan fingerprint density at radius 1 is 0.955 bits per heavy atom. The van der Waals surface area contributed by atoms with Gasteiger partial charge in [0.25, 0.3) is 0 Å². The lowest BCUT2D eigenvalue weighted by atomic mass is 10.3. The van der Waals surface area contributed by atoms with Crippen molar-refractivity contribution >= 4 is 11.4 Å². The molecule has 2 N–H and O–H groups in total. The quantitative estimate of drug-likeness (QED) is 0.806. The van der Waals surface area contributed by atoms with E-state index >= 15 is 0 Å². The Kier molecular flexibility index (Phi) is 8.50. The van der Waals surface area contributed by atoms with Gasteiger partial charge in [-0.1, -0.05) is 13.0 Å². The first-order valence-electron chi connectivity index (χ1n) is 7.57. The van der Waals surface area contributed by atoms with Crippen molar-refractivity contribution in [2.45, 2.75) is 20.3 Å². The molecule has 0 heterocycles. The highest BCUT2D eigenvalue weighted by molar-refractivity contribution is 5.47. The van der Waals surface area contributed by atoms with E-state index in [-0.39, 0.29) is 5.82 Å². The third-order valence-corrected chi connectivity index (χ3v) is 2.87. The largest absolute Gasteiger partial charge is 0.497 e. The smallest absolute Gasteiger partial charge is 0.123 e. The average molecular weight is 304 g/mol. The van der Waals surface area contributed by atoms with Crippen LogP contribution in [0.3, 0.4) is 0 Å². The lowest BCUT2D eigenvalue weighted by Gasteiger charge is -2.04. The van der Waals surface area contributed by atoms with Crippen molar-refractivity contribution in [1.29, 1.82) is 0 Å². The van der Waals surface area contributed by atoms with Crippen molar-refractivity contribution in [2.24, 2.45) is 0 Å². The Labute approximate surface area is 132 Å². The summed E-state index contributed by atoms with van der Waals surface area (Å²) in [7, 11) is 1.67. The standard InChI is InChI=1S/C9H12FN.C9H13NO/c1-2-7-11-9-5-3-8(10)4-6-9;1-3-10-8-5-4-6-9(7-8)11-2/h3-6,11H,2,7H2,1H3;4-7,10H,3H2,1-2H3. The third-order valence-electron chi connectivity index (χ3n) is 2.87. The summed E-state index contributed by atoms with van der Waals surface area (Å²) < 4.78 is 17.4. The maximum atomic E-state index is 12.4. The second-order valence-electron chi connectivity index (χ2n) is 4.70. The van der Waals surface area contributed by atoms with Gasteiger partial charge in [-0.15, -0.1) is 0 Å². The van der Waals surface area contributed by atoms with Crippen LogP contribution in [0, 0.1) is 5.82 Å². The molecule has 0 fully saturated rings. The minimum absolute atomic E-state index is 0.188. The molecule has 0 amide bonds. The molecular weight excluding hydrogens is 279 g/mol. The molecule has 0 aromatic heterocycles. The topological polar surface area (TPSA) is 33.3 Å². The van der Waals surface area contributed by atoms with Crippen molar-refractivity contribution in [3.8, 4) is 5.75 Å². The molecule has 0 bridgehead atoms. The van der Waals surface area contributed by atoms with E-state index < -0.39 is 0 Å². The van der Waals surface area contributed by atoms with Gasteiger partial charge in [-0.2, -0.15) is 0 Å². The fourth-order valence-corrected chi connectivity index (χ4v) is 1.77. The molecular formula is C18H25FN2O. The molecule has 0 aliphatic carbocycles. The Balaban J connectivity index is 0.000000220. The van der Waals surface area contributed by atoms with Gasteiger partial charge in [0.05, 0.1) is 7.11 Å². The molecule has 0 atom stereocenters. The number of ether oxygens (including phenoxy) is 1. The number of methoxy groups -OCH3 is 1. The van der Waals surface area contributed by atoms with E-state index in [2.05, 4.69) is 24.5 Å². The monoisotopic (exact) mass is 304 g/mol. The van der Waals surface area contributed by atoms with E-state index in [0.29, 0.717) is 0 Å². The van der Waals surface area contributed by atoms with E-state index in [0.717, 1.165) is 36.6 Å². The number of hydrogen-bond acceptors (Lipinski definition) is 3. The summed E-state index contributed by atoms with van der Waals surface area (Å²) in [6, 6.07) is 14.3. The Hall–Kier alpha value is -2.23. The lowest BCUT2D eigenvalue weighted by Crippen LogP contribution is -1.98. The maximum Gasteiger partial charge on any atom is 0.123 e. The first kappa shape index (κ1) is 17.8. The van der Waals surface area contributed by atoms with E-state index in [4.69, 9.17) is 4.74 Å². The van der Waals surface area contributed by atoms with Crippen LogP contribution in [0.15, 0.2) is 48.5 Å². The minimum Gasteiger partial charge on any atom is -0.497 e. The van der Waals surface area contributed by atoms with Crippen molar-refractivity contribution in [1.82, 2.24) is 0 Å². The van der Waals surface area contributed by atoms with Crippen molar-refractivity contribution in [3.05, 3.63) is 54.3 Å². The van der Waals surface area contributed by atoms with Crippen LogP contribution >= 0.6 is 0 Å². The molecule has 0 aliphatic rings. The molecule has 4 heteroatoms. The maximum absolute atomic E-state index is 12.4. The van der Waals surface area contributed by atoms with Crippen molar-refractivity contribution in [2.75, 3.05) is 30.8 Å². The molecule has 22 heavy (non-hydrogen) atoms. The van der Waals surface area contributed by atoms with Gasteiger partial charge in [0.15, 0.2) is 0 Å². The van der Waals surface area contributed by atoms with E-state index in [1.54, 1.807) is 19.2 Å². The molecule has 3 nitrogen and oxygen atoms in total. The summed E-state index contributed by atoms with van der Waals surface area (Å²) in [5.74, 6) is 0.704. The fraction of sp³-hybridized carbons (Fsp3) is 0.333. The average Bonchev–Trinajstić information content (AvgIpc) is 2.55. The molecule has 2 aromatic carbocycles. The second kappa shape index (κ2) is 10.5. The van der Waals surface area contributed by atoms with Crippen molar-refractivity contribution < 1.29 is 9.13 Å². The second-order valence-corrected chi connectivity index (χ2v) is 4.70. The van der Waals surface area contributed by atoms with Gasteiger partial charge in [-0.05, 0) is 49.7 Å². The molecule has 0 aliphatic heterocycles. The van der Waals surface area contributed by atoms with Gasteiger partial charge in [0.2, 0.25) is 0 Å². The van der Waals surface area contributed by atoms with Crippen LogP contribution < -0.4 is 15.4 Å². The molecule has 120 valence electrons. The summed E-state index contributed by atoms with van der Waals surface area (Å²) in [5.41, 5.74) is 2.08. The number of rotatable bonds is 6. The molecule has 0 saturated heterocycles. The van der Waals surface area contributed by atoms with E-state index in [1.165, 1.54) is 12.1 Å². The summed E-state index contributed by atoms with van der Waals surface area (Å²) in [6.45, 7) is 6.04. The fourth-order valence-electron chi connectivity index (χ4n) is 1.77. The first-order chi connectivity index (χ1) is 10.7. The van der Waals surface area contributed by atoms with Gasteiger partial charge in [-0.3, -0.25) is 0 Å². The van der Waals surface area contributed by atoms with Gasteiger partial charge in [-0.25, -0.2) is 4.39 Å². The molecule has 2 aromatic rings. The highest BCUT2D eigenvalue weighted by atomic mass is 19.1. The van der Waals surface area contributed by atoms with Crippen molar-refractivity contribution in [3.63, 3.8) is 0 Å². The normalized spacial score (nSPS) is 9.45. The Morgan fingerprint density at radius 2 is 1.68 bits per heavy atom. The van der Waals surface area contributed by atoms with Gasteiger partial charge in [0.1, 0.15) is 11.6 Å². The minimum atomic E-state index is -0.188. The predicted octanol–water partition coefficient (Wildman–Crippen LogP) is 4.77. The summed E-state index contributed by atoms with van der Waals surface area (Å²) in [4.78, 5) is 0. The van der Waals surface area contributed by atoms with Crippen LogP contribution in [-0.4, -0.2) is 20.2 Å². The number of halogens is 1. The van der Waals surface area contributed by atoms with Crippen LogP contribution in [0.2, 0.25) is 0 Å². The van der Waals surface area contributed by atoms with Crippen LogP contribution in [0.1, 0.15) is 20.3 Å². The van der Waals surface area contributed by atoms with Gasteiger partial charge < -0.3 is 15.4 Å². The first-order valence-corrected chi connectivity index (χ1v) is 7.57. The number of anilines is 2. The number of nitrogens with one attached hydrogen (secondary N) is 2. The molecule has 0 radical (unpaired) electrons. The molecule has 0 saturated carbocycles. The Bertz CT molecular complexity index is 529.